The lowest BCUT2D eigenvalue weighted by Crippen LogP contribution is -2.28. The molecule has 3 aromatic carbocycles. The van der Waals surface area contributed by atoms with E-state index in [4.69, 9.17) is 11.6 Å². The van der Waals surface area contributed by atoms with E-state index in [9.17, 15) is 9.59 Å². The summed E-state index contributed by atoms with van der Waals surface area (Å²) in [7, 11) is 0. The highest BCUT2D eigenvalue weighted by Gasteiger charge is 2.14. The molecule has 4 nitrogen and oxygen atoms in total. The number of hydrogen-bond donors (Lipinski definition) is 2. The van der Waals surface area contributed by atoms with Crippen molar-refractivity contribution in [3.63, 3.8) is 0 Å². The maximum Gasteiger partial charge on any atom is 0.251 e. The number of hydrogen-bond acceptors (Lipinski definition) is 2. The van der Waals surface area contributed by atoms with Crippen LogP contribution in [0.2, 0.25) is 5.02 Å². The van der Waals surface area contributed by atoms with Crippen LogP contribution in [0.15, 0.2) is 84.9 Å². The van der Waals surface area contributed by atoms with Crippen LogP contribution in [0.4, 0.5) is 0 Å². The molecule has 0 aliphatic heterocycles. The number of halogens is 1. The minimum absolute atomic E-state index is 0.000570. The molecular formula is C26H27ClN2O2. The van der Waals surface area contributed by atoms with Gasteiger partial charge in [-0.25, -0.2) is 0 Å². The van der Waals surface area contributed by atoms with Gasteiger partial charge >= 0.3 is 0 Å². The normalized spacial score (nSPS) is 10.6. The van der Waals surface area contributed by atoms with Gasteiger partial charge in [0, 0.05) is 36.0 Å². The summed E-state index contributed by atoms with van der Waals surface area (Å²) in [6, 6.07) is 27.4. The van der Waals surface area contributed by atoms with Gasteiger partial charge in [0.2, 0.25) is 5.91 Å². The monoisotopic (exact) mass is 434 g/mol. The van der Waals surface area contributed by atoms with Crippen molar-refractivity contribution in [2.24, 2.45) is 0 Å². The van der Waals surface area contributed by atoms with Crippen molar-refractivity contribution >= 4 is 23.4 Å². The van der Waals surface area contributed by atoms with Gasteiger partial charge in [-0.3, -0.25) is 9.59 Å². The van der Waals surface area contributed by atoms with Gasteiger partial charge in [-0.15, -0.1) is 0 Å². The van der Waals surface area contributed by atoms with Crippen LogP contribution >= 0.6 is 11.6 Å². The van der Waals surface area contributed by atoms with E-state index in [1.165, 1.54) is 11.1 Å². The third kappa shape index (κ3) is 7.26. The van der Waals surface area contributed by atoms with Crippen LogP contribution in [0, 0.1) is 0 Å². The number of carbonyl (C=O) groups is 2. The SMILES string of the molecule is O=C(CCCNC(=O)c1ccc(Cl)cc1)NCCC(c1ccccc1)c1ccccc1. The molecule has 0 spiro atoms. The Bertz CT molecular complexity index is 920. The molecule has 5 heteroatoms. The highest BCUT2D eigenvalue weighted by molar-refractivity contribution is 6.30. The van der Waals surface area contributed by atoms with E-state index >= 15 is 0 Å². The second-order valence-electron chi connectivity index (χ2n) is 7.38. The molecule has 0 heterocycles. The van der Waals surface area contributed by atoms with Gasteiger partial charge in [0.05, 0.1) is 0 Å². The molecule has 2 N–H and O–H groups in total. The summed E-state index contributed by atoms with van der Waals surface area (Å²) in [6.45, 7) is 1.05. The summed E-state index contributed by atoms with van der Waals surface area (Å²) in [5.74, 6) is 0.0765. The zero-order chi connectivity index (χ0) is 21.9. The first-order valence-electron chi connectivity index (χ1n) is 10.5. The quantitative estimate of drug-likeness (QED) is 0.431. The van der Waals surface area contributed by atoms with Crippen molar-refractivity contribution in [2.45, 2.75) is 25.2 Å². The third-order valence-electron chi connectivity index (χ3n) is 5.13. The fraction of sp³-hybridized carbons (Fsp3) is 0.231. The molecule has 0 unspecified atom stereocenters. The van der Waals surface area contributed by atoms with Crippen molar-refractivity contribution in [3.8, 4) is 0 Å². The third-order valence-corrected chi connectivity index (χ3v) is 5.38. The number of nitrogens with one attached hydrogen (secondary N) is 2. The average Bonchev–Trinajstić information content (AvgIpc) is 2.81. The lowest BCUT2D eigenvalue weighted by molar-refractivity contribution is -0.121. The van der Waals surface area contributed by atoms with Gasteiger partial charge in [-0.05, 0) is 48.2 Å². The molecule has 0 fully saturated rings. The molecule has 0 saturated heterocycles. The second-order valence-corrected chi connectivity index (χ2v) is 7.82. The molecule has 3 rings (SSSR count). The fourth-order valence-corrected chi connectivity index (χ4v) is 3.62. The van der Waals surface area contributed by atoms with E-state index in [0.29, 0.717) is 36.5 Å². The van der Waals surface area contributed by atoms with Gasteiger partial charge in [0.1, 0.15) is 0 Å². The summed E-state index contributed by atoms with van der Waals surface area (Å²) >= 11 is 5.83. The van der Waals surface area contributed by atoms with Crippen LogP contribution in [0.3, 0.4) is 0 Å². The molecular weight excluding hydrogens is 408 g/mol. The van der Waals surface area contributed by atoms with Crippen molar-refractivity contribution in [1.29, 1.82) is 0 Å². The maximum atomic E-state index is 12.2. The summed E-state index contributed by atoms with van der Waals surface area (Å²) in [5.41, 5.74) is 3.04. The summed E-state index contributed by atoms with van der Waals surface area (Å²) < 4.78 is 0. The maximum absolute atomic E-state index is 12.2. The van der Waals surface area contributed by atoms with E-state index < -0.39 is 0 Å². The summed E-state index contributed by atoms with van der Waals surface area (Å²) in [6.07, 6.45) is 1.79. The first kappa shape index (κ1) is 22.6. The molecule has 0 aliphatic rings. The van der Waals surface area contributed by atoms with Crippen molar-refractivity contribution in [1.82, 2.24) is 10.6 Å². The first-order valence-corrected chi connectivity index (χ1v) is 10.9. The molecule has 0 aromatic heterocycles. The molecule has 2 amide bonds. The Labute approximate surface area is 188 Å². The fourth-order valence-electron chi connectivity index (χ4n) is 3.49. The zero-order valence-corrected chi connectivity index (χ0v) is 18.1. The van der Waals surface area contributed by atoms with Crippen LogP contribution < -0.4 is 10.6 Å². The number of carbonyl (C=O) groups excluding carboxylic acids is 2. The van der Waals surface area contributed by atoms with Crippen LogP contribution in [-0.4, -0.2) is 24.9 Å². The Kier molecular flexibility index (Phi) is 8.68. The van der Waals surface area contributed by atoms with Crippen molar-refractivity contribution in [3.05, 3.63) is 107 Å². The highest BCUT2D eigenvalue weighted by atomic mass is 35.5. The van der Waals surface area contributed by atoms with Crippen LogP contribution in [0.1, 0.15) is 46.7 Å². The predicted molar refractivity (Wildman–Crippen MR) is 125 cm³/mol. The zero-order valence-electron chi connectivity index (χ0n) is 17.4. The van der Waals surface area contributed by atoms with Crippen LogP contribution in [0.25, 0.3) is 0 Å². The smallest absolute Gasteiger partial charge is 0.251 e. The van der Waals surface area contributed by atoms with Gasteiger partial charge in [0.15, 0.2) is 0 Å². The summed E-state index contributed by atoms with van der Waals surface area (Å²) in [5, 5.41) is 6.43. The Morgan fingerprint density at radius 3 is 1.90 bits per heavy atom. The Morgan fingerprint density at radius 1 is 0.742 bits per heavy atom. The lowest BCUT2D eigenvalue weighted by Gasteiger charge is -2.18. The Hall–Kier alpha value is -3.11. The van der Waals surface area contributed by atoms with E-state index in [2.05, 4.69) is 34.9 Å². The molecule has 0 aliphatic carbocycles. The van der Waals surface area contributed by atoms with E-state index in [1.54, 1.807) is 24.3 Å². The van der Waals surface area contributed by atoms with E-state index in [-0.39, 0.29) is 17.7 Å². The minimum Gasteiger partial charge on any atom is -0.356 e. The average molecular weight is 435 g/mol. The van der Waals surface area contributed by atoms with Gasteiger partial charge < -0.3 is 10.6 Å². The van der Waals surface area contributed by atoms with Crippen LogP contribution in [0.5, 0.6) is 0 Å². The molecule has 0 radical (unpaired) electrons. The van der Waals surface area contributed by atoms with E-state index in [0.717, 1.165) is 6.42 Å². The molecule has 0 bridgehead atoms. The van der Waals surface area contributed by atoms with Gasteiger partial charge in [0.25, 0.3) is 5.91 Å². The lowest BCUT2D eigenvalue weighted by atomic mass is 9.88. The highest BCUT2D eigenvalue weighted by Crippen LogP contribution is 2.27. The number of benzene rings is 3. The first-order chi connectivity index (χ1) is 15.1. The van der Waals surface area contributed by atoms with E-state index in [1.807, 2.05) is 36.4 Å². The number of rotatable bonds is 10. The van der Waals surface area contributed by atoms with Gasteiger partial charge in [-0.2, -0.15) is 0 Å². The summed E-state index contributed by atoms with van der Waals surface area (Å²) in [4.78, 5) is 24.3. The number of amides is 2. The molecule has 0 saturated carbocycles. The topological polar surface area (TPSA) is 58.2 Å². The predicted octanol–water partition coefficient (Wildman–Crippen LogP) is 5.19. The van der Waals surface area contributed by atoms with Crippen molar-refractivity contribution < 1.29 is 9.59 Å². The molecule has 0 atom stereocenters. The second kappa shape index (κ2) is 11.9. The van der Waals surface area contributed by atoms with Crippen LogP contribution in [-0.2, 0) is 4.79 Å². The van der Waals surface area contributed by atoms with Gasteiger partial charge in [-0.1, -0.05) is 72.3 Å². The minimum atomic E-state index is -0.161. The van der Waals surface area contributed by atoms with Crippen molar-refractivity contribution in [2.75, 3.05) is 13.1 Å². The Balaban J connectivity index is 1.40. The largest absolute Gasteiger partial charge is 0.356 e. The molecule has 31 heavy (non-hydrogen) atoms. The Morgan fingerprint density at radius 2 is 1.32 bits per heavy atom. The molecule has 3 aromatic rings. The molecule has 160 valence electrons. The standard InChI is InChI=1S/C26H27ClN2O2/c27-23-15-13-22(14-16-23)26(31)29-18-7-12-25(30)28-19-17-24(20-8-3-1-4-9-20)21-10-5-2-6-11-21/h1-6,8-11,13-16,24H,7,12,17-19H2,(H,28,30)(H,29,31).